The lowest BCUT2D eigenvalue weighted by Crippen LogP contribution is -2.13. The van der Waals surface area contributed by atoms with Gasteiger partial charge in [-0.05, 0) is 25.1 Å². The largest absolute Gasteiger partial charge is 0.293 e. The number of halogens is 1. The highest BCUT2D eigenvalue weighted by atomic mass is 79.9. The summed E-state index contributed by atoms with van der Waals surface area (Å²) < 4.78 is 0.901. The molecule has 0 saturated heterocycles. The number of nitro benzene ring substituents is 1. The third-order valence-electron chi connectivity index (χ3n) is 2.86. The topological polar surface area (TPSA) is 60.2 Å². The number of nitrogens with zero attached hydrogens (tertiary/aromatic N) is 1. The van der Waals surface area contributed by atoms with Gasteiger partial charge in [0.2, 0.25) is 0 Å². The summed E-state index contributed by atoms with van der Waals surface area (Å²) >= 11 is 4.52. The van der Waals surface area contributed by atoms with Crippen LogP contribution >= 0.6 is 27.7 Å². The SMILES string of the molecule is CC(Sc1ccccc1[N+](=O)[O-])C(=O)c1ccc(Br)cc1. The number of nitro groups is 1. The Bertz CT molecular complexity index is 673. The lowest BCUT2D eigenvalue weighted by atomic mass is 10.1. The fraction of sp³-hybridized carbons (Fsp3) is 0.133. The zero-order valence-corrected chi connectivity index (χ0v) is 13.6. The number of hydrogen-bond donors (Lipinski definition) is 0. The first kappa shape index (κ1) is 15.7. The average molecular weight is 366 g/mol. The highest BCUT2D eigenvalue weighted by Gasteiger charge is 2.21. The number of rotatable bonds is 5. The Hall–Kier alpha value is -1.66. The van der Waals surface area contributed by atoms with E-state index in [1.807, 2.05) is 0 Å². The molecule has 2 aromatic rings. The highest BCUT2D eigenvalue weighted by molar-refractivity contribution is 9.10. The molecule has 2 aromatic carbocycles. The van der Waals surface area contributed by atoms with Crippen molar-refractivity contribution in [3.8, 4) is 0 Å². The minimum atomic E-state index is -0.431. The van der Waals surface area contributed by atoms with E-state index in [1.165, 1.54) is 17.8 Å². The monoisotopic (exact) mass is 365 g/mol. The van der Waals surface area contributed by atoms with Crippen molar-refractivity contribution in [1.29, 1.82) is 0 Å². The van der Waals surface area contributed by atoms with Crippen LogP contribution in [0, 0.1) is 10.1 Å². The maximum Gasteiger partial charge on any atom is 0.282 e. The number of para-hydroxylation sites is 1. The van der Waals surface area contributed by atoms with Crippen molar-refractivity contribution in [2.45, 2.75) is 17.1 Å². The van der Waals surface area contributed by atoms with Gasteiger partial charge in [0.1, 0.15) is 0 Å². The van der Waals surface area contributed by atoms with Crippen LogP contribution in [0.15, 0.2) is 57.9 Å². The molecule has 0 bridgehead atoms. The minimum Gasteiger partial charge on any atom is -0.293 e. The molecule has 2 rings (SSSR count). The molecule has 0 aromatic heterocycles. The highest BCUT2D eigenvalue weighted by Crippen LogP contribution is 2.33. The van der Waals surface area contributed by atoms with Gasteiger partial charge in [-0.25, -0.2) is 0 Å². The lowest BCUT2D eigenvalue weighted by molar-refractivity contribution is -0.387. The molecule has 0 heterocycles. The molecule has 0 aliphatic carbocycles. The predicted molar refractivity (Wildman–Crippen MR) is 86.9 cm³/mol. The smallest absolute Gasteiger partial charge is 0.282 e. The molecular weight excluding hydrogens is 354 g/mol. The van der Waals surface area contributed by atoms with Crippen molar-refractivity contribution in [2.75, 3.05) is 0 Å². The zero-order valence-electron chi connectivity index (χ0n) is 11.2. The standard InChI is InChI=1S/C15H12BrNO3S/c1-10(15(18)11-6-8-12(16)9-7-11)21-14-5-3-2-4-13(14)17(19)20/h2-10H,1H3. The van der Waals surface area contributed by atoms with E-state index in [4.69, 9.17) is 0 Å². The molecule has 6 heteroatoms. The van der Waals surface area contributed by atoms with E-state index in [0.29, 0.717) is 10.5 Å². The van der Waals surface area contributed by atoms with Gasteiger partial charge in [0, 0.05) is 16.1 Å². The first-order valence-corrected chi connectivity index (χ1v) is 7.86. The van der Waals surface area contributed by atoms with Gasteiger partial charge in [-0.1, -0.05) is 40.2 Å². The molecule has 0 radical (unpaired) electrons. The minimum absolute atomic E-state index is 0.0259. The van der Waals surface area contributed by atoms with E-state index in [0.717, 1.165) is 4.47 Å². The quantitative estimate of drug-likeness (QED) is 0.332. The van der Waals surface area contributed by atoms with Gasteiger partial charge >= 0.3 is 0 Å². The van der Waals surface area contributed by atoms with E-state index < -0.39 is 10.2 Å². The normalized spacial score (nSPS) is 11.9. The van der Waals surface area contributed by atoms with Crippen LogP contribution in [0.1, 0.15) is 17.3 Å². The van der Waals surface area contributed by atoms with Crippen molar-refractivity contribution < 1.29 is 9.72 Å². The number of carbonyl (C=O) groups is 1. The Kier molecular flexibility index (Phi) is 5.14. The summed E-state index contributed by atoms with van der Waals surface area (Å²) in [7, 11) is 0. The molecule has 1 atom stereocenters. The van der Waals surface area contributed by atoms with Gasteiger partial charge in [-0.3, -0.25) is 14.9 Å². The van der Waals surface area contributed by atoms with Crippen LogP contribution in [0.2, 0.25) is 0 Å². The van der Waals surface area contributed by atoms with Crippen LogP contribution in [0.25, 0.3) is 0 Å². The van der Waals surface area contributed by atoms with Crippen molar-refractivity contribution in [2.24, 2.45) is 0 Å². The summed E-state index contributed by atoms with van der Waals surface area (Å²) in [6.45, 7) is 1.76. The Morgan fingerprint density at radius 3 is 2.43 bits per heavy atom. The number of Topliss-reactive ketones (excluding diaryl/α,β-unsaturated/α-hetero) is 1. The molecule has 0 fully saturated rings. The van der Waals surface area contributed by atoms with Gasteiger partial charge < -0.3 is 0 Å². The Morgan fingerprint density at radius 1 is 1.19 bits per heavy atom. The van der Waals surface area contributed by atoms with Crippen LogP contribution in [0.4, 0.5) is 5.69 Å². The molecule has 0 spiro atoms. The van der Waals surface area contributed by atoms with Crippen molar-refractivity contribution >= 4 is 39.2 Å². The first-order valence-electron chi connectivity index (χ1n) is 6.19. The molecule has 0 aliphatic heterocycles. The second-order valence-corrected chi connectivity index (χ2v) is 6.65. The van der Waals surface area contributed by atoms with Gasteiger partial charge in [-0.2, -0.15) is 0 Å². The Labute approximate surface area is 134 Å². The van der Waals surface area contributed by atoms with Gasteiger partial charge in [0.15, 0.2) is 5.78 Å². The molecule has 1 unspecified atom stereocenters. The number of benzene rings is 2. The first-order chi connectivity index (χ1) is 9.99. The molecule has 21 heavy (non-hydrogen) atoms. The summed E-state index contributed by atoms with van der Waals surface area (Å²) in [5, 5.41) is 10.6. The van der Waals surface area contributed by atoms with Crippen LogP contribution in [0.5, 0.6) is 0 Å². The molecule has 0 saturated carbocycles. The van der Waals surface area contributed by atoms with Gasteiger partial charge in [-0.15, -0.1) is 11.8 Å². The van der Waals surface area contributed by atoms with E-state index in [9.17, 15) is 14.9 Å². The summed E-state index contributed by atoms with van der Waals surface area (Å²) in [5.41, 5.74) is 0.620. The number of thioether (sulfide) groups is 1. The molecule has 4 nitrogen and oxygen atoms in total. The van der Waals surface area contributed by atoms with Gasteiger partial charge in [0.25, 0.3) is 5.69 Å². The maximum atomic E-state index is 12.3. The second-order valence-electron chi connectivity index (χ2n) is 4.36. The van der Waals surface area contributed by atoms with Crippen molar-refractivity contribution in [1.82, 2.24) is 0 Å². The number of carbonyl (C=O) groups excluding carboxylic acids is 1. The molecule has 0 amide bonds. The molecule has 108 valence electrons. The zero-order chi connectivity index (χ0) is 15.4. The number of hydrogen-bond acceptors (Lipinski definition) is 4. The second kappa shape index (κ2) is 6.87. The third-order valence-corrected chi connectivity index (χ3v) is 4.56. The summed E-state index contributed by atoms with van der Waals surface area (Å²) in [5.74, 6) is -0.0503. The van der Waals surface area contributed by atoms with E-state index in [-0.39, 0.29) is 11.5 Å². The maximum absolute atomic E-state index is 12.3. The van der Waals surface area contributed by atoms with Gasteiger partial charge in [0.05, 0.1) is 15.1 Å². The Morgan fingerprint density at radius 2 is 1.81 bits per heavy atom. The third kappa shape index (κ3) is 3.92. The molecule has 0 N–H and O–H groups in total. The van der Waals surface area contributed by atoms with E-state index >= 15 is 0 Å². The fourth-order valence-corrected chi connectivity index (χ4v) is 3.11. The average Bonchev–Trinajstić information content (AvgIpc) is 2.47. The number of ketones is 1. The summed E-state index contributed by atoms with van der Waals surface area (Å²) in [6, 6.07) is 13.5. The predicted octanol–water partition coefficient (Wildman–Crippen LogP) is 4.72. The van der Waals surface area contributed by atoms with Crippen LogP contribution in [-0.2, 0) is 0 Å². The summed E-state index contributed by atoms with van der Waals surface area (Å²) in [4.78, 5) is 23.4. The molecule has 0 aliphatic rings. The van der Waals surface area contributed by atoms with Crippen LogP contribution in [0.3, 0.4) is 0 Å². The van der Waals surface area contributed by atoms with Crippen molar-refractivity contribution in [3.05, 3.63) is 68.7 Å². The van der Waals surface area contributed by atoms with E-state index in [1.54, 1.807) is 49.4 Å². The van der Waals surface area contributed by atoms with Crippen molar-refractivity contribution in [3.63, 3.8) is 0 Å². The van der Waals surface area contributed by atoms with E-state index in [2.05, 4.69) is 15.9 Å². The van der Waals surface area contributed by atoms with Crippen LogP contribution < -0.4 is 0 Å². The fourth-order valence-electron chi connectivity index (χ4n) is 1.80. The van der Waals surface area contributed by atoms with Crippen LogP contribution in [-0.4, -0.2) is 16.0 Å². The lowest BCUT2D eigenvalue weighted by Gasteiger charge is -2.10. The Balaban J connectivity index is 2.18. The molecular formula is C15H12BrNO3S. The summed E-state index contributed by atoms with van der Waals surface area (Å²) in [6.07, 6.45) is 0.